The number of hydrogen-bond acceptors (Lipinski definition) is 4. The molecule has 1 aliphatic heterocycles. The van der Waals surface area contributed by atoms with Gasteiger partial charge in [0, 0.05) is 47.7 Å². The number of carbonyl (C=O) groups excluding carboxylic acids is 2. The third kappa shape index (κ3) is 4.38. The molecule has 0 saturated carbocycles. The van der Waals surface area contributed by atoms with E-state index in [1.54, 1.807) is 12.4 Å². The Labute approximate surface area is 142 Å². The van der Waals surface area contributed by atoms with Crippen molar-refractivity contribution in [2.75, 3.05) is 0 Å². The van der Waals surface area contributed by atoms with Crippen molar-refractivity contribution in [3.8, 4) is 0 Å². The van der Waals surface area contributed by atoms with Gasteiger partial charge in [-0.1, -0.05) is 0 Å². The number of aromatic amines is 2. The zero-order valence-electron chi connectivity index (χ0n) is 13.1. The van der Waals surface area contributed by atoms with E-state index in [0.29, 0.717) is 0 Å². The minimum absolute atomic E-state index is 0.329. The van der Waals surface area contributed by atoms with Gasteiger partial charge < -0.3 is 9.97 Å². The zero-order chi connectivity index (χ0) is 17.5. The van der Waals surface area contributed by atoms with E-state index >= 15 is 0 Å². The second-order valence-corrected chi connectivity index (χ2v) is 5.02. The second kappa shape index (κ2) is 7.69. The van der Waals surface area contributed by atoms with Gasteiger partial charge in [0.2, 0.25) is 0 Å². The van der Waals surface area contributed by atoms with Crippen LogP contribution in [0.4, 0.5) is 0 Å². The van der Waals surface area contributed by atoms with Crippen molar-refractivity contribution in [2.24, 2.45) is 0 Å². The smallest absolute Gasteiger partial charge is 0.250 e. The summed E-state index contributed by atoms with van der Waals surface area (Å²) in [5, 5.41) is 4.36. The van der Waals surface area contributed by atoms with E-state index in [1.807, 2.05) is 54.1 Å². The molecular formula is C18H15N5O2. The highest BCUT2D eigenvalue weighted by Gasteiger charge is 2.06. The van der Waals surface area contributed by atoms with E-state index in [4.69, 9.17) is 0 Å². The summed E-state index contributed by atoms with van der Waals surface area (Å²) in [4.78, 5) is 34.3. The molecule has 4 aromatic heterocycles. The lowest BCUT2D eigenvalue weighted by Gasteiger charge is -1.82. The standard InChI is InChI=1S/2C7H6N2.C4H3NO2/c2*1-2-6-3-5-9-7(6)8-4-1;6-3-1-2-4(7)5-3/h2*1-5H,(H,8,9);1-2H,(H,5,6,7). The quantitative estimate of drug-likeness (QED) is 0.430. The third-order valence-electron chi connectivity index (χ3n) is 3.28. The summed E-state index contributed by atoms with van der Waals surface area (Å²) in [5.74, 6) is -0.657. The highest BCUT2D eigenvalue weighted by atomic mass is 16.2. The first-order chi connectivity index (χ1) is 12.2. The number of carbonyl (C=O) groups is 2. The number of H-pyrrole nitrogens is 2. The van der Waals surface area contributed by atoms with E-state index in [-0.39, 0.29) is 11.8 Å². The van der Waals surface area contributed by atoms with Gasteiger partial charge >= 0.3 is 0 Å². The molecule has 25 heavy (non-hydrogen) atoms. The fraction of sp³-hybridized carbons (Fsp3) is 0. The number of pyridine rings is 2. The summed E-state index contributed by atoms with van der Waals surface area (Å²) in [5.41, 5.74) is 1.91. The molecule has 0 atom stereocenters. The molecule has 5 heterocycles. The molecule has 7 nitrogen and oxygen atoms in total. The first-order valence-corrected chi connectivity index (χ1v) is 7.51. The molecule has 124 valence electrons. The maximum atomic E-state index is 10.0. The average molecular weight is 333 g/mol. The normalized spacial score (nSPS) is 12.3. The molecule has 0 unspecified atom stereocenters. The predicted molar refractivity (Wildman–Crippen MR) is 94.5 cm³/mol. The Morgan fingerprint density at radius 3 is 1.52 bits per heavy atom. The molecule has 0 spiro atoms. The van der Waals surface area contributed by atoms with E-state index in [2.05, 4.69) is 19.9 Å². The lowest BCUT2D eigenvalue weighted by Crippen LogP contribution is -2.19. The number of aromatic nitrogens is 4. The summed E-state index contributed by atoms with van der Waals surface area (Å²) in [6.07, 6.45) is 9.72. The molecule has 3 N–H and O–H groups in total. The van der Waals surface area contributed by atoms with Gasteiger partial charge in [0.25, 0.3) is 11.8 Å². The van der Waals surface area contributed by atoms with Crippen molar-refractivity contribution in [2.45, 2.75) is 0 Å². The highest BCUT2D eigenvalue weighted by molar-refractivity contribution is 6.12. The van der Waals surface area contributed by atoms with E-state index < -0.39 is 0 Å². The SMILES string of the molecule is O=C1C=CC(=O)N1.c1cnc2[nH]ccc2c1.c1cnc2[nH]ccc2c1. The first kappa shape index (κ1) is 16.1. The van der Waals surface area contributed by atoms with E-state index in [0.717, 1.165) is 22.1 Å². The average Bonchev–Trinajstić information content (AvgIpc) is 3.36. The number of amides is 2. The first-order valence-electron chi connectivity index (χ1n) is 7.51. The Morgan fingerprint density at radius 1 is 0.680 bits per heavy atom. The molecule has 2 amide bonds. The van der Waals surface area contributed by atoms with E-state index in [1.165, 1.54) is 12.2 Å². The number of hydrogen-bond donors (Lipinski definition) is 3. The van der Waals surface area contributed by atoms with Crippen LogP contribution in [0, 0.1) is 0 Å². The molecule has 7 heteroatoms. The van der Waals surface area contributed by atoms with Gasteiger partial charge in [-0.15, -0.1) is 0 Å². The summed E-state index contributed by atoms with van der Waals surface area (Å²) >= 11 is 0. The molecule has 1 aliphatic rings. The second-order valence-electron chi connectivity index (χ2n) is 5.02. The van der Waals surface area contributed by atoms with Gasteiger partial charge in [0.15, 0.2) is 0 Å². The summed E-state index contributed by atoms with van der Waals surface area (Å²) < 4.78 is 0. The number of rotatable bonds is 0. The van der Waals surface area contributed by atoms with Gasteiger partial charge in [-0.3, -0.25) is 14.9 Å². The zero-order valence-corrected chi connectivity index (χ0v) is 13.1. The van der Waals surface area contributed by atoms with Crippen molar-refractivity contribution in [3.05, 3.63) is 73.3 Å². The predicted octanol–water partition coefficient (Wildman–Crippen LogP) is 2.32. The molecule has 0 aromatic carbocycles. The van der Waals surface area contributed by atoms with Gasteiger partial charge in [0.05, 0.1) is 0 Å². The number of nitrogens with zero attached hydrogens (tertiary/aromatic N) is 2. The van der Waals surface area contributed by atoms with Crippen molar-refractivity contribution in [1.29, 1.82) is 0 Å². The van der Waals surface area contributed by atoms with Crippen LogP contribution in [0.5, 0.6) is 0 Å². The highest BCUT2D eigenvalue weighted by Crippen LogP contribution is 2.06. The molecule has 0 radical (unpaired) electrons. The third-order valence-corrected chi connectivity index (χ3v) is 3.28. The Balaban J connectivity index is 0.000000111. The van der Waals surface area contributed by atoms with Crippen LogP contribution in [0.3, 0.4) is 0 Å². The summed E-state index contributed by atoms with van der Waals surface area (Å²) in [6, 6.07) is 11.9. The topological polar surface area (TPSA) is 104 Å². The molecule has 5 rings (SSSR count). The number of fused-ring (bicyclic) bond motifs is 2. The fourth-order valence-corrected chi connectivity index (χ4v) is 2.12. The van der Waals surface area contributed by atoms with Crippen LogP contribution >= 0.6 is 0 Å². The lowest BCUT2D eigenvalue weighted by atomic mass is 10.3. The maximum Gasteiger partial charge on any atom is 0.250 e. The van der Waals surface area contributed by atoms with Crippen molar-refractivity contribution < 1.29 is 9.59 Å². The molecule has 4 aromatic rings. The van der Waals surface area contributed by atoms with Crippen LogP contribution in [-0.4, -0.2) is 31.8 Å². The van der Waals surface area contributed by atoms with Crippen LogP contribution in [0.1, 0.15) is 0 Å². The van der Waals surface area contributed by atoms with Crippen molar-refractivity contribution >= 4 is 33.9 Å². The monoisotopic (exact) mass is 333 g/mol. The number of imide groups is 1. The molecular weight excluding hydrogens is 318 g/mol. The van der Waals surface area contributed by atoms with Crippen LogP contribution in [0.25, 0.3) is 22.1 Å². The minimum atomic E-state index is -0.329. The molecule has 0 fully saturated rings. The van der Waals surface area contributed by atoms with Gasteiger partial charge in [-0.25, -0.2) is 9.97 Å². The van der Waals surface area contributed by atoms with Gasteiger partial charge in [-0.2, -0.15) is 0 Å². The van der Waals surface area contributed by atoms with Gasteiger partial charge in [0.1, 0.15) is 11.3 Å². The summed E-state index contributed by atoms with van der Waals surface area (Å²) in [6.45, 7) is 0. The van der Waals surface area contributed by atoms with Crippen LogP contribution in [0.2, 0.25) is 0 Å². The Kier molecular flexibility index (Phi) is 4.96. The van der Waals surface area contributed by atoms with Crippen molar-refractivity contribution in [3.63, 3.8) is 0 Å². The van der Waals surface area contributed by atoms with E-state index in [9.17, 15) is 9.59 Å². The van der Waals surface area contributed by atoms with Gasteiger partial charge in [-0.05, 0) is 36.4 Å². The summed E-state index contributed by atoms with van der Waals surface area (Å²) in [7, 11) is 0. The maximum absolute atomic E-state index is 10.0. The van der Waals surface area contributed by atoms with Crippen molar-refractivity contribution in [1.82, 2.24) is 25.3 Å². The largest absolute Gasteiger partial charge is 0.346 e. The number of nitrogens with one attached hydrogen (secondary N) is 3. The molecule has 0 bridgehead atoms. The fourth-order valence-electron chi connectivity index (χ4n) is 2.12. The minimum Gasteiger partial charge on any atom is -0.346 e. The molecule has 0 saturated heterocycles. The lowest BCUT2D eigenvalue weighted by molar-refractivity contribution is -0.123. The Bertz CT molecular complexity index is 890. The van der Waals surface area contributed by atoms with Crippen LogP contribution in [-0.2, 0) is 9.59 Å². The van der Waals surface area contributed by atoms with Crippen LogP contribution < -0.4 is 5.32 Å². The Morgan fingerprint density at radius 2 is 1.16 bits per heavy atom. The Hall–Kier alpha value is -3.74. The van der Waals surface area contributed by atoms with Crippen LogP contribution in [0.15, 0.2) is 73.3 Å². The molecule has 0 aliphatic carbocycles.